The Hall–Kier alpha value is -2.38. The summed E-state index contributed by atoms with van der Waals surface area (Å²) in [4.78, 5) is 28.2. The zero-order valence-electron chi connectivity index (χ0n) is 16.4. The monoisotopic (exact) mass is 431 g/mol. The predicted molar refractivity (Wildman–Crippen MR) is 114 cm³/mol. The highest BCUT2D eigenvalue weighted by atomic mass is 35.5. The van der Waals surface area contributed by atoms with E-state index < -0.39 is 0 Å². The molecule has 1 aromatic carbocycles. The van der Waals surface area contributed by atoms with Gasteiger partial charge in [0.05, 0.1) is 30.1 Å². The van der Waals surface area contributed by atoms with Crippen molar-refractivity contribution in [1.29, 1.82) is 0 Å². The lowest BCUT2D eigenvalue weighted by Gasteiger charge is -2.30. The van der Waals surface area contributed by atoms with Gasteiger partial charge in [0.25, 0.3) is 5.91 Å². The van der Waals surface area contributed by atoms with Gasteiger partial charge in [-0.25, -0.2) is 0 Å². The molecule has 0 bridgehead atoms. The summed E-state index contributed by atoms with van der Waals surface area (Å²) in [6, 6.07) is 9.64. The van der Waals surface area contributed by atoms with Gasteiger partial charge in [-0.15, -0.1) is 11.3 Å². The summed E-state index contributed by atoms with van der Waals surface area (Å²) in [7, 11) is 1.41. The van der Waals surface area contributed by atoms with Gasteiger partial charge in [0.2, 0.25) is 0 Å². The van der Waals surface area contributed by atoms with Gasteiger partial charge in [-0.05, 0) is 37.5 Å². The van der Waals surface area contributed by atoms with E-state index in [-0.39, 0.29) is 17.8 Å². The third kappa shape index (κ3) is 3.89. The molecule has 2 aromatic heterocycles. The lowest BCUT2D eigenvalue weighted by molar-refractivity contribution is -0.146. The van der Waals surface area contributed by atoms with Crippen LogP contribution >= 0.6 is 22.9 Å². The Labute approximate surface area is 178 Å². The summed E-state index contributed by atoms with van der Waals surface area (Å²) in [5.74, 6) is -0.287. The van der Waals surface area contributed by atoms with E-state index >= 15 is 0 Å². The minimum atomic E-state index is -0.186. The first-order valence-electron chi connectivity index (χ1n) is 9.55. The van der Waals surface area contributed by atoms with Crippen molar-refractivity contribution in [3.05, 3.63) is 51.5 Å². The average molecular weight is 432 g/mol. The molecule has 0 radical (unpaired) electrons. The Morgan fingerprint density at radius 2 is 2.00 bits per heavy atom. The molecule has 0 spiro atoms. The summed E-state index contributed by atoms with van der Waals surface area (Å²) in [6.45, 7) is 3.64. The fourth-order valence-corrected chi connectivity index (χ4v) is 5.08. The highest BCUT2D eigenvalue weighted by Crippen LogP contribution is 2.31. The molecule has 8 heteroatoms. The number of halogens is 1. The van der Waals surface area contributed by atoms with Crippen LogP contribution in [-0.2, 0) is 16.1 Å². The van der Waals surface area contributed by atoms with E-state index in [0.717, 1.165) is 21.5 Å². The van der Waals surface area contributed by atoms with Crippen LogP contribution in [0.4, 0.5) is 0 Å². The van der Waals surface area contributed by atoms with Gasteiger partial charge in [0.1, 0.15) is 4.83 Å². The largest absolute Gasteiger partial charge is 0.469 e. The molecule has 1 aliphatic heterocycles. The number of carbonyl (C=O) groups excluding carboxylic acids is 2. The van der Waals surface area contributed by atoms with Gasteiger partial charge in [-0.2, -0.15) is 5.10 Å². The Kier molecular flexibility index (Phi) is 5.61. The number of aryl methyl sites for hydroxylation is 1. The number of nitrogens with zero attached hydrogens (tertiary/aromatic N) is 3. The number of carbonyl (C=O) groups is 2. The first-order chi connectivity index (χ1) is 14.0. The Bertz CT molecular complexity index is 1070. The fourth-order valence-electron chi connectivity index (χ4n) is 3.75. The van der Waals surface area contributed by atoms with Gasteiger partial charge in [0.15, 0.2) is 0 Å². The number of esters is 1. The van der Waals surface area contributed by atoms with Crippen LogP contribution < -0.4 is 0 Å². The number of benzene rings is 1. The quantitative estimate of drug-likeness (QED) is 0.582. The van der Waals surface area contributed by atoms with Crippen LogP contribution in [0.1, 0.15) is 33.8 Å². The maximum atomic E-state index is 13.0. The molecule has 0 N–H and O–H groups in total. The number of piperidine rings is 1. The average Bonchev–Trinajstić information content (AvgIpc) is 3.30. The lowest BCUT2D eigenvalue weighted by Crippen LogP contribution is -2.40. The molecule has 3 heterocycles. The molecule has 6 nitrogen and oxygen atoms in total. The van der Waals surface area contributed by atoms with Crippen LogP contribution in [0.25, 0.3) is 10.2 Å². The Morgan fingerprint density at radius 1 is 1.28 bits per heavy atom. The van der Waals surface area contributed by atoms with Crippen LogP contribution in [0, 0.1) is 12.8 Å². The fraction of sp³-hybridized carbons (Fsp3) is 0.381. The Balaban J connectivity index is 1.54. The highest BCUT2D eigenvalue weighted by molar-refractivity contribution is 7.20. The molecule has 1 saturated heterocycles. The van der Waals surface area contributed by atoms with Crippen LogP contribution in [0.3, 0.4) is 0 Å². The SMILES string of the molecule is COC(=O)C1CCN(C(=O)c2cc3c(C)nn(Cc4ccccc4Cl)c3s2)CC1. The molecule has 0 aliphatic carbocycles. The lowest BCUT2D eigenvalue weighted by atomic mass is 9.97. The zero-order chi connectivity index (χ0) is 20.5. The molecular weight excluding hydrogens is 410 g/mol. The second-order valence-electron chi connectivity index (χ2n) is 7.25. The third-order valence-corrected chi connectivity index (χ3v) is 6.92. The van der Waals surface area contributed by atoms with Crippen molar-refractivity contribution >= 4 is 45.0 Å². The maximum absolute atomic E-state index is 13.0. The molecule has 29 heavy (non-hydrogen) atoms. The summed E-state index contributed by atoms with van der Waals surface area (Å²) < 4.78 is 6.74. The minimum Gasteiger partial charge on any atom is -0.469 e. The molecule has 1 amide bonds. The van der Waals surface area contributed by atoms with Crippen LogP contribution in [0.2, 0.25) is 5.02 Å². The van der Waals surface area contributed by atoms with E-state index in [4.69, 9.17) is 16.3 Å². The van der Waals surface area contributed by atoms with E-state index in [9.17, 15) is 9.59 Å². The van der Waals surface area contributed by atoms with Crippen molar-refractivity contribution in [1.82, 2.24) is 14.7 Å². The number of hydrogen-bond donors (Lipinski definition) is 0. The van der Waals surface area contributed by atoms with Crippen molar-refractivity contribution in [3.63, 3.8) is 0 Å². The van der Waals surface area contributed by atoms with Crippen molar-refractivity contribution in [2.75, 3.05) is 20.2 Å². The normalized spacial score (nSPS) is 15.1. The smallest absolute Gasteiger partial charge is 0.308 e. The van der Waals surface area contributed by atoms with E-state index in [2.05, 4.69) is 5.10 Å². The number of likely N-dealkylation sites (tertiary alicyclic amines) is 1. The van der Waals surface area contributed by atoms with Crippen molar-refractivity contribution in [2.24, 2.45) is 5.92 Å². The molecule has 1 fully saturated rings. The first kappa shape index (κ1) is 19.9. The number of ether oxygens (including phenoxy) is 1. The summed E-state index contributed by atoms with van der Waals surface area (Å²) in [5, 5.41) is 6.33. The number of rotatable bonds is 4. The van der Waals surface area contributed by atoms with Gasteiger partial charge in [-0.1, -0.05) is 29.8 Å². The van der Waals surface area contributed by atoms with Crippen LogP contribution in [0.5, 0.6) is 0 Å². The van der Waals surface area contributed by atoms with Crippen molar-refractivity contribution < 1.29 is 14.3 Å². The van der Waals surface area contributed by atoms with Gasteiger partial charge >= 0.3 is 5.97 Å². The summed E-state index contributed by atoms with van der Waals surface area (Å²) in [6.07, 6.45) is 1.28. The standard InChI is InChI=1S/C21H22ClN3O3S/c1-13-16-11-18(19(26)24-9-7-14(8-10-24)21(27)28-2)29-20(16)25(23-13)12-15-5-3-4-6-17(15)22/h3-6,11,14H,7-10,12H2,1-2H3. The third-order valence-electron chi connectivity index (χ3n) is 5.41. The second-order valence-corrected chi connectivity index (χ2v) is 8.69. The van der Waals surface area contributed by atoms with Crippen molar-refractivity contribution in [2.45, 2.75) is 26.3 Å². The van der Waals surface area contributed by atoms with E-state index in [0.29, 0.717) is 42.4 Å². The number of thiophene rings is 1. The highest BCUT2D eigenvalue weighted by Gasteiger charge is 2.29. The van der Waals surface area contributed by atoms with Crippen molar-refractivity contribution in [3.8, 4) is 0 Å². The molecular formula is C21H22ClN3O3S. The summed E-state index contributed by atoms with van der Waals surface area (Å²) in [5.41, 5.74) is 1.89. The Morgan fingerprint density at radius 3 is 2.69 bits per heavy atom. The number of methoxy groups -OCH3 is 1. The van der Waals surface area contributed by atoms with E-state index in [1.165, 1.54) is 18.4 Å². The topological polar surface area (TPSA) is 64.4 Å². The molecule has 0 unspecified atom stereocenters. The number of hydrogen-bond acceptors (Lipinski definition) is 5. The minimum absolute atomic E-state index is 0.0122. The molecule has 4 rings (SSSR count). The van der Waals surface area contributed by atoms with Crippen LogP contribution in [-0.4, -0.2) is 46.8 Å². The molecule has 1 aliphatic rings. The first-order valence-corrected chi connectivity index (χ1v) is 10.7. The summed E-state index contributed by atoms with van der Waals surface area (Å²) >= 11 is 7.76. The van der Waals surface area contributed by atoms with E-state index in [1.807, 2.05) is 46.8 Å². The molecule has 0 saturated carbocycles. The van der Waals surface area contributed by atoms with Gasteiger partial charge in [-0.3, -0.25) is 14.3 Å². The number of amides is 1. The zero-order valence-corrected chi connectivity index (χ0v) is 17.9. The predicted octanol–water partition coefficient (Wildman–Crippen LogP) is 4.13. The molecule has 3 aromatic rings. The number of aromatic nitrogens is 2. The molecule has 152 valence electrons. The van der Waals surface area contributed by atoms with E-state index in [1.54, 1.807) is 0 Å². The van der Waals surface area contributed by atoms with Gasteiger partial charge < -0.3 is 9.64 Å². The molecule has 0 atom stereocenters. The second kappa shape index (κ2) is 8.16. The van der Waals surface area contributed by atoms with Crippen LogP contribution in [0.15, 0.2) is 30.3 Å². The number of fused-ring (bicyclic) bond motifs is 1. The maximum Gasteiger partial charge on any atom is 0.308 e. The van der Waals surface area contributed by atoms with Gasteiger partial charge in [0, 0.05) is 23.5 Å².